The van der Waals surface area contributed by atoms with Crippen LogP contribution in [-0.4, -0.2) is 19.5 Å². The van der Waals surface area contributed by atoms with Gasteiger partial charge in [0.15, 0.2) is 5.52 Å². The smallest absolute Gasteiger partial charge is 0.290 e. The highest BCUT2D eigenvalue weighted by atomic mass is 35.5. The van der Waals surface area contributed by atoms with Crippen LogP contribution in [0.25, 0.3) is 22.3 Å². The van der Waals surface area contributed by atoms with E-state index in [2.05, 4.69) is 15.0 Å². The Morgan fingerprint density at radius 1 is 1.12 bits per heavy atom. The topological polar surface area (TPSA) is 84.5 Å². The number of fused-ring (bicyclic) bond motifs is 1. The summed E-state index contributed by atoms with van der Waals surface area (Å²) in [5.41, 5.74) is -0.950. The van der Waals surface area contributed by atoms with Crippen LogP contribution in [0.1, 0.15) is 11.4 Å². The highest BCUT2D eigenvalue weighted by Gasteiger charge is 2.37. The average molecular weight is 366 g/mol. The fourth-order valence-electron chi connectivity index (χ4n) is 2.28. The Morgan fingerprint density at radius 3 is 2.32 bits per heavy atom. The molecule has 0 unspecified atom stereocenters. The van der Waals surface area contributed by atoms with E-state index in [1.54, 1.807) is 0 Å². The molecule has 25 heavy (non-hydrogen) atoms. The molecular weight excluding hydrogens is 359 g/mol. The molecule has 0 saturated heterocycles. The predicted octanol–water partition coefficient (Wildman–Crippen LogP) is 2.93. The number of rotatable bonds is 1. The molecule has 0 fully saturated rings. The Hall–Kier alpha value is -2.99. The molecule has 0 aliphatic carbocycles. The summed E-state index contributed by atoms with van der Waals surface area (Å²) in [5, 5.41) is 8.53. The van der Waals surface area contributed by atoms with E-state index < -0.39 is 17.6 Å². The van der Waals surface area contributed by atoms with Gasteiger partial charge in [0.1, 0.15) is 11.2 Å². The third-order valence-electron chi connectivity index (χ3n) is 3.44. The number of hydrogen-bond donors (Lipinski definition) is 0. The van der Waals surface area contributed by atoms with Crippen LogP contribution >= 0.6 is 11.6 Å². The summed E-state index contributed by atoms with van der Waals surface area (Å²) >= 11 is 5.81. The van der Waals surface area contributed by atoms with Gasteiger partial charge in [-0.15, -0.1) is 0 Å². The highest BCUT2D eigenvalue weighted by molar-refractivity contribution is 6.28. The van der Waals surface area contributed by atoms with Gasteiger partial charge in [0.2, 0.25) is 11.1 Å². The van der Waals surface area contributed by atoms with Crippen molar-refractivity contribution in [3.8, 4) is 17.3 Å². The van der Waals surface area contributed by atoms with Crippen molar-refractivity contribution < 1.29 is 13.2 Å². The summed E-state index contributed by atoms with van der Waals surface area (Å²) in [6, 6.07) is 7.80. The van der Waals surface area contributed by atoms with E-state index in [1.807, 2.05) is 6.07 Å². The standard InChI is InChI=1S/C15H7ClF3N5O/c1-24-12(25)11-10(21-13(24)15(17,18)19)9(22-14(16)23-11)8-4-2-7(6-20)3-5-8/h2-5H,1H3. The number of halogens is 4. The van der Waals surface area contributed by atoms with Crippen LogP contribution in [0.3, 0.4) is 0 Å². The van der Waals surface area contributed by atoms with Gasteiger partial charge in [0.05, 0.1) is 11.6 Å². The van der Waals surface area contributed by atoms with Crippen LogP contribution in [0.4, 0.5) is 13.2 Å². The van der Waals surface area contributed by atoms with Crippen molar-refractivity contribution in [1.29, 1.82) is 5.26 Å². The molecular formula is C15H7ClF3N5O. The minimum Gasteiger partial charge on any atom is -0.290 e. The van der Waals surface area contributed by atoms with Gasteiger partial charge in [-0.3, -0.25) is 9.36 Å². The zero-order valence-corrected chi connectivity index (χ0v) is 13.2. The normalized spacial score (nSPS) is 11.5. The SMILES string of the molecule is Cn1c(C(F)(F)F)nc2c(-c3ccc(C#N)cc3)nc(Cl)nc2c1=O. The molecule has 1 aromatic carbocycles. The van der Waals surface area contributed by atoms with Crippen molar-refractivity contribution in [3.63, 3.8) is 0 Å². The van der Waals surface area contributed by atoms with Crippen molar-refractivity contribution >= 4 is 22.6 Å². The molecule has 126 valence electrons. The van der Waals surface area contributed by atoms with Crippen LogP contribution < -0.4 is 5.56 Å². The second kappa shape index (κ2) is 5.82. The van der Waals surface area contributed by atoms with Gasteiger partial charge in [0.25, 0.3) is 5.56 Å². The van der Waals surface area contributed by atoms with Gasteiger partial charge in [-0.05, 0) is 23.7 Å². The quantitative estimate of drug-likeness (QED) is 0.619. The molecule has 0 N–H and O–H groups in total. The van der Waals surface area contributed by atoms with Gasteiger partial charge in [-0.2, -0.15) is 18.4 Å². The van der Waals surface area contributed by atoms with E-state index in [9.17, 15) is 18.0 Å². The number of benzene rings is 1. The van der Waals surface area contributed by atoms with Crippen LogP contribution in [0, 0.1) is 11.3 Å². The minimum atomic E-state index is -4.83. The van der Waals surface area contributed by atoms with Crippen LogP contribution in [-0.2, 0) is 13.2 Å². The maximum atomic E-state index is 13.1. The maximum Gasteiger partial charge on any atom is 0.449 e. The molecule has 0 aliphatic heterocycles. The van der Waals surface area contributed by atoms with Crippen LogP contribution in [0.15, 0.2) is 29.1 Å². The largest absolute Gasteiger partial charge is 0.449 e. The lowest BCUT2D eigenvalue weighted by Crippen LogP contribution is -2.28. The van der Waals surface area contributed by atoms with Crippen molar-refractivity contribution in [2.45, 2.75) is 6.18 Å². The molecule has 3 aromatic rings. The van der Waals surface area contributed by atoms with E-state index in [4.69, 9.17) is 16.9 Å². The molecule has 0 radical (unpaired) electrons. The number of aromatic nitrogens is 4. The van der Waals surface area contributed by atoms with Gasteiger partial charge in [-0.25, -0.2) is 15.0 Å². The second-order valence-electron chi connectivity index (χ2n) is 5.02. The van der Waals surface area contributed by atoms with E-state index in [1.165, 1.54) is 24.3 Å². The highest BCUT2D eigenvalue weighted by Crippen LogP contribution is 2.30. The van der Waals surface area contributed by atoms with Gasteiger partial charge in [-0.1, -0.05) is 12.1 Å². The molecule has 10 heteroatoms. The van der Waals surface area contributed by atoms with Crippen molar-refractivity contribution in [2.75, 3.05) is 0 Å². The Balaban J connectivity index is 2.41. The van der Waals surface area contributed by atoms with E-state index in [-0.39, 0.29) is 22.0 Å². The number of nitriles is 1. The van der Waals surface area contributed by atoms with Gasteiger partial charge < -0.3 is 0 Å². The molecule has 0 aliphatic rings. The molecule has 0 spiro atoms. The molecule has 2 heterocycles. The fraction of sp³-hybridized carbons (Fsp3) is 0.133. The lowest BCUT2D eigenvalue weighted by molar-refractivity contribution is -0.147. The minimum absolute atomic E-state index is 0.0253. The Bertz CT molecular complexity index is 1080. The van der Waals surface area contributed by atoms with Crippen LogP contribution in [0.5, 0.6) is 0 Å². The van der Waals surface area contributed by atoms with E-state index in [0.29, 0.717) is 15.7 Å². The van der Waals surface area contributed by atoms with Crippen LogP contribution in [0.2, 0.25) is 5.28 Å². The summed E-state index contributed by atoms with van der Waals surface area (Å²) in [4.78, 5) is 23.5. The molecule has 3 rings (SSSR count). The monoisotopic (exact) mass is 365 g/mol. The third-order valence-corrected chi connectivity index (χ3v) is 3.61. The first-order chi connectivity index (χ1) is 11.7. The average Bonchev–Trinajstić information content (AvgIpc) is 2.57. The maximum absolute atomic E-state index is 13.1. The van der Waals surface area contributed by atoms with E-state index in [0.717, 1.165) is 7.05 Å². The molecule has 0 amide bonds. The van der Waals surface area contributed by atoms with Crippen molar-refractivity contribution in [2.24, 2.45) is 7.05 Å². The first-order valence-corrected chi connectivity index (χ1v) is 7.12. The van der Waals surface area contributed by atoms with Gasteiger partial charge in [0, 0.05) is 12.6 Å². The zero-order valence-electron chi connectivity index (χ0n) is 12.5. The van der Waals surface area contributed by atoms with Crippen molar-refractivity contribution in [1.82, 2.24) is 19.5 Å². The predicted molar refractivity (Wildman–Crippen MR) is 82.7 cm³/mol. The molecule has 0 saturated carbocycles. The number of alkyl halides is 3. The Kier molecular flexibility index (Phi) is 3.93. The molecule has 0 atom stereocenters. The second-order valence-corrected chi connectivity index (χ2v) is 5.36. The summed E-state index contributed by atoms with van der Waals surface area (Å²) in [7, 11) is 0.953. The van der Waals surface area contributed by atoms with E-state index >= 15 is 0 Å². The summed E-state index contributed by atoms with van der Waals surface area (Å²) in [5.74, 6) is -1.37. The third kappa shape index (κ3) is 2.92. The summed E-state index contributed by atoms with van der Waals surface area (Å²) < 4.78 is 39.8. The first kappa shape index (κ1) is 16.9. The number of nitrogens with zero attached hydrogens (tertiary/aromatic N) is 5. The Morgan fingerprint density at radius 2 is 1.76 bits per heavy atom. The lowest BCUT2D eigenvalue weighted by Gasteiger charge is -2.13. The fourth-order valence-corrected chi connectivity index (χ4v) is 2.44. The molecule has 2 aromatic heterocycles. The Labute approximate surface area is 143 Å². The lowest BCUT2D eigenvalue weighted by atomic mass is 10.1. The first-order valence-electron chi connectivity index (χ1n) is 6.74. The van der Waals surface area contributed by atoms with Crippen molar-refractivity contribution in [3.05, 3.63) is 51.3 Å². The molecule has 6 nitrogen and oxygen atoms in total. The summed E-state index contributed by atoms with van der Waals surface area (Å²) in [6.45, 7) is 0. The molecule has 0 bridgehead atoms. The zero-order chi connectivity index (χ0) is 18.4. The summed E-state index contributed by atoms with van der Waals surface area (Å²) in [6.07, 6.45) is -4.83. The number of hydrogen-bond acceptors (Lipinski definition) is 5. The van der Waals surface area contributed by atoms with Gasteiger partial charge >= 0.3 is 6.18 Å².